The molecule has 4 heteroatoms. The van der Waals surface area contributed by atoms with Crippen LogP contribution in [0.15, 0.2) is 45.3 Å². The van der Waals surface area contributed by atoms with Gasteiger partial charge in [0.15, 0.2) is 0 Å². The first-order valence-electron chi connectivity index (χ1n) is 7.01. The topological polar surface area (TPSA) is 21.3 Å². The molecule has 0 amide bonds. The highest BCUT2D eigenvalue weighted by Gasteiger charge is 2.06. The van der Waals surface area contributed by atoms with Gasteiger partial charge in [0.2, 0.25) is 0 Å². The van der Waals surface area contributed by atoms with Gasteiger partial charge < -0.3 is 10.1 Å². The van der Waals surface area contributed by atoms with Crippen LogP contribution in [0.2, 0.25) is 0 Å². The molecule has 0 heterocycles. The number of hydrogen-bond donors (Lipinski definition) is 1. The average molecular weight is 413 g/mol. The van der Waals surface area contributed by atoms with E-state index in [1.807, 2.05) is 12.1 Å². The molecule has 0 bridgehead atoms. The molecule has 0 aliphatic carbocycles. The van der Waals surface area contributed by atoms with Gasteiger partial charge in [0.05, 0.1) is 6.61 Å². The maximum absolute atomic E-state index is 5.81. The summed E-state index contributed by atoms with van der Waals surface area (Å²) in [4.78, 5) is 0. The zero-order chi connectivity index (χ0) is 15.2. The van der Waals surface area contributed by atoms with Crippen LogP contribution in [0.25, 0.3) is 0 Å². The van der Waals surface area contributed by atoms with Crippen LogP contribution >= 0.6 is 31.9 Å². The van der Waals surface area contributed by atoms with Crippen LogP contribution in [0.4, 0.5) is 5.69 Å². The lowest BCUT2D eigenvalue weighted by molar-refractivity contribution is 0.314. The van der Waals surface area contributed by atoms with Gasteiger partial charge in [-0.15, -0.1) is 0 Å². The number of ether oxygens (including phenoxy) is 1. The second-order valence-corrected chi connectivity index (χ2v) is 6.71. The Bertz CT molecular complexity index is 614. The Balaban J connectivity index is 2.12. The molecule has 0 aromatic heterocycles. The summed E-state index contributed by atoms with van der Waals surface area (Å²) in [7, 11) is 0. The predicted molar refractivity (Wildman–Crippen MR) is 96.1 cm³/mol. The van der Waals surface area contributed by atoms with E-state index < -0.39 is 0 Å². The molecule has 0 radical (unpaired) electrons. The number of anilines is 1. The summed E-state index contributed by atoms with van der Waals surface area (Å²) in [5, 5.41) is 3.45. The molecule has 2 nitrogen and oxygen atoms in total. The molecule has 0 saturated heterocycles. The fourth-order valence-electron chi connectivity index (χ4n) is 1.99. The van der Waals surface area contributed by atoms with Gasteiger partial charge in [0.1, 0.15) is 5.75 Å². The van der Waals surface area contributed by atoms with Gasteiger partial charge in [-0.05, 0) is 65.2 Å². The maximum atomic E-state index is 5.81. The van der Waals surface area contributed by atoms with Crippen LogP contribution in [0.5, 0.6) is 5.75 Å². The predicted octanol–water partition coefficient (Wildman–Crippen LogP) is 5.92. The molecular weight excluding hydrogens is 394 g/mol. The fraction of sp³-hybridized carbons (Fsp3) is 0.294. The van der Waals surface area contributed by atoms with Crippen LogP contribution in [0.3, 0.4) is 0 Å². The first-order chi connectivity index (χ1) is 10.1. The molecule has 0 spiro atoms. The summed E-state index contributed by atoms with van der Waals surface area (Å²) in [6.07, 6.45) is 1.01. The van der Waals surface area contributed by atoms with E-state index in [0.29, 0.717) is 0 Å². The zero-order valence-corrected chi connectivity index (χ0v) is 15.4. The minimum atomic E-state index is 0.722. The van der Waals surface area contributed by atoms with Crippen molar-refractivity contribution in [3.8, 4) is 5.75 Å². The molecule has 112 valence electrons. The van der Waals surface area contributed by atoms with Crippen LogP contribution in [0, 0.1) is 6.92 Å². The van der Waals surface area contributed by atoms with E-state index in [9.17, 15) is 0 Å². The van der Waals surface area contributed by atoms with Gasteiger partial charge in [-0.2, -0.15) is 0 Å². The maximum Gasteiger partial charge on any atom is 0.124 e. The van der Waals surface area contributed by atoms with Gasteiger partial charge in [-0.25, -0.2) is 0 Å². The van der Waals surface area contributed by atoms with Crippen molar-refractivity contribution in [2.24, 2.45) is 0 Å². The second kappa shape index (κ2) is 7.85. The number of aryl methyl sites for hydroxylation is 1. The molecule has 0 aliphatic rings. The van der Waals surface area contributed by atoms with E-state index in [1.165, 1.54) is 5.56 Å². The largest absolute Gasteiger partial charge is 0.493 e. The smallest absolute Gasteiger partial charge is 0.124 e. The van der Waals surface area contributed by atoms with E-state index in [-0.39, 0.29) is 0 Å². The quantitative estimate of drug-likeness (QED) is 0.635. The lowest BCUT2D eigenvalue weighted by Crippen LogP contribution is -2.04. The van der Waals surface area contributed by atoms with Crippen molar-refractivity contribution in [1.82, 2.24) is 0 Å². The van der Waals surface area contributed by atoms with Gasteiger partial charge in [-0.1, -0.05) is 28.9 Å². The summed E-state index contributed by atoms with van der Waals surface area (Å²) in [6, 6.07) is 12.4. The number of halogens is 2. The average Bonchev–Trinajstić information content (AvgIpc) is 2.45. The van der Waals surface area contributed by atoms with Crippen molar-refractivity contribution in [3.63, 3.8) is 0 Å². The normalized spacial score (nSPS) is 10.5. The summed E-state index contributed by atoms with van der Waals surface area (Å²) >= 11 is 7.11. The van der Waals surface area contributed by atoms with Gasteiger partial charge in [-0.3, -0.25) is 0 Å². The molecule has 0 saturated carbocycles. The monoisotopic (exact) mass is 411 g/mol. The van der Waals surface area contributed by atoms with Crippen molar-refractivity contribution in [1.29, 1.82) is 0 Å². The van der Waals surface area contributed by atoms with Crippen LogP contribution in [0.1, 0.15) is 24.5 Å². The molecule has 0 fully saturated rings. The Labute approximate surface area is 143 Å². The van der Waals surface area contributed by atoms with Gasteiger partial charge >= 0.3 is 0 Å². The molecule has 21 heavy (non-hydrogen) atoms. The third-order valence-electron chi connectivity index (χ3n) is 3.08. The van der Waals surface area contributed by atoms with Gasteiger partial charge in [0.25, 0.3) is 0 Å². The van der Waals surface area contributed by atoms with Crippen LogP contribution < -0.4 is 10.1 Å². The molecule has 0 unspecified atom stereocenters. The molecule has 2 aromatic carbocycles. The number of benzene rings is 2. The first kappa shape index (κ1) is 16.4. The number of nitrogens with one attached hydrogen (secondary N) is 1. The standard InChI is InChI=1S/C17H19Br2NO/c1-3-8-21-17-7-5-14(18)10-13(17)11-20-16-6-4-12(2)9-15(16)19/h4-7,9-10,20H,3,8,11H2,1-2H3. The SMILES string of the molecule is CCCOc1ccc(Br)cc1CNc1ccc(C)cc1Br. The molecule has 0 atom stereocenters. The third kappa shape index (κ3) is 4.75. The van der Waals surface area contributed by atoms with Crippen molar-refractivity contribution >= 4 is 37.5 Å². The van der Waals surface area contributed by atoms with Crippen molar-refractivity contribution in [2.75, 3.05) is 11.9 Å². The third-order valence-corrected chi connectivity index (χ3v) is 4.23. The Hall–Kier alpha value is -1.00. The minimum absolute atomic E-state index is 0.722. The van der Waals surface area contributed by atoms with Crippen molar-refractivity contribution in [3.05, 3.63) is 56.5 Å². The Morgan fingerprint density at radius 1 is 1.10 bits per heavy atom. The van der Waals surface area contributed by atoms with Crippen LogP contribution in [-0.4, -0.2) is 6.61 Å². The summed E-state index contributed by atoms with van der Waals surface area (Å²) < 4.78 is 7.95. The molecule has 1 N–H and O–H groups in total. The highest BCUT2D eigenvalue weighted by atomic mass is 79.9. The van der Waals surface area contributed by atoms with Crippen molar-refractivity contribution < 1.29 is 4.74 Å². The summed E-state index contributed by atoms with van der Waals surface area (Å²) in [5.41, 5.74) is 3.47. The Morgan fingerprint density at radius 2 is 1.90 bits per heavy atom. The Morgan fingerprint density at radius 3 is 2.62 bits per heavy atom. The van der Waals surface area contributed by atoms with E-state index >= 15 is 0 Å². The second-order valence-electron chi connectivity index (χ2n) is 4.94. The van der Waals surface area contributed by atoms with E-state index in [1.54, 1.807) is 0 Å². The number of rotatable bonds is 6. The summed E-state index contributed by atoms with van der Waals surface area (Å²) in [6.45, 7) is 5.66. The highest BCUT2D eigenvalue weighted by Crippen LogP contribution is 2.27. The van der Waals surface area contributed by atoms with Gasteiger partial charge in [0, 0.05) is 26.7 Å². The van der Waals surface area contributed by atoms with E-state index in [2.05, 4.69) is 75.3 Å². The lowest BCUT2D eigenvalue weighted by Gasteiger charge is -2.14. The first-order valence-corrected chi connectivity index (χ1v) is 8.60. The summed E-state index contributed by atoms with van der Waals surface area (Å²) in [5.74, 6) is 0.941. The van der Waals surface area contributed by atoms with E-state index in [0.717, 1.165) is 45.5 Å². The fourth-order valence-corrected chi connectivity index (χ4v) is 3.03. The Kier molecular flexibility index (Phi) is 6.12. The minimum Gasteiger partial charge on any atom is -0.493 e. The van der Waals surface area contributed by atoms with E-state index in [4.69, 9.17) is 4.74 Å². The van der Waals surface area contributed by atoms with Crippen LogP contribution in [-0.2, 0) is 6.54 Å². The molecule has 0 aliphatic heterocycles. The van der Waals surface area contributed by atoms with Crippen molar-refractivity contribution in [2.45, 2.75) is 26.8 Å². The molecule has 2 aromatic rings. The zero-order valence-electron chi connectivity index (χ0n) is 12.2. The molecular formula is C17H19Br2NO. The highest BCUT2D eigenvalue weighted by molar-refractivity contribution is 9.10. The number of hydrogen-bond acceptors (Lipinski definition) is 2. The lowest BCUT2D eigenvalue weighted by atomic mass is 10.2. The molecule has 2 rings (SSSR count).